The molecule has 1 saturated carbocycles. The zero-order chi connectivity index (χ0) is 30.2. The summed E-state index contributed by atoms with van der Waals surface area (Å²) in [6.07, 6.45) is 15.2. The maximum absolute atomic E-state index is 14.6. The van der Waals surface area contributed by atoms with Crippen molar-refractivity contribution in [1.29, 1.82) is 0 Å². The highest BCUT2D eigenvalue weighted by Crippen LogP contribution is 2.57. The van der Waals surface area contributed by atoms with E-state index in [1.54, 1.807) is 9.80 Å². The summed E-state index contributed by atoms with van der Waals surface area (Å²) in [5.41, 5.74) is -1.57. The fourth-order valence-corrected chi connectivity index (χ4v) is 8.19. The monoisotopic (exact) mass is 591 g/mol. The summed E-state index contributed by atoms with van der Waals surface area (Å²) in [5.74, 6) is -1.34. The zero-order valence-electron chi connectivity index (χ0n) is 25.5. The van der Waals surface area contributed by atoms with Gasteiger partial charge in [-0.3, -0.25) is 14.4 Å². The van der Waals surface area contributed by atoms with Gasteiger partial charge in [-0.15, -0.1) is 0 Å². The summed E-state index contributed by atoms with van der Waals surface area (Å²) < 4.78 is 12.6. The van der Waals surface area contributed by atoms with E-state index in [-0.39, 0.29) is 30.4 Å². The number of ether oxygens (including phenoxy) is 2. The highest BCUT2D eigenvalue weighted by molar-refractivity contribution is 6.04. The van der Waals surface area contributed by atoms with E-state index in [0.29, 0.717) is 39.1 Å². The highest BCUT2D eigenvalue weighted by Gasteiger charge is 2.74. The Morgan fingerprint density at radius 2 is 1.65 bits per heavy atom. The molecule has 43 heavy (non-hydrogen) atoms. The molecule has 1 unspecified atom stereocenters. The van der Waals surface area contributed by atoms with Crippen LogP contribution >= 0.6 is 0 Å². The quantitative estimate of drug-likeness (QED) is 0.346. The molecule has 4 heterocycles. The minimum absolute atomic E-state index is 0.0743. The molecule has 3 fully saturated rings. The Morgan fingerprint density at radius 1 is 0.907 bits per heavy atom. The molecular weight excluding hydrogens is 546 g/mol. The first-order valence-corrected chi connectivity index (χ1v) is 16.2. The molecule has 3 amide bonds. The Labute approximate surface area is 254 Å². The molecule has 1 N–H and O–H groups in total. The van der Waals surface area contributed by atoms with Crippen LogP contribution in [0.1, 0.15) is 65.2 Å². The van der Waals surface area contributed by atoms with Gasteiger partial charge in [0.15, 0.2) is 0 Å². The van der Waals surface area contributed by atoms with Crippen molar-refractivity contribution in [3.05, 3.63) is 48.6 Å². The molecule has 6 rings (SSSR count). The Bertz CT molecular complexity index is 1270. The molecule has 0 bridgehead atoms. The van der Waals surface area contributed by atoms with E-state index in [9.17, 15) is 19.5 Å². The van der Waals surface area contributed by atoms with Gasteiger partial charge in [-0.1, -0.05) is 43.6 Å². The second-order valence-electron chi connectivity index (χ2n) is 12.8. The van der Waals surface area contributed by atoms with Gasteiger partial charge in [0.05, 0.1) is 24.0 Å². The second-order valence-corrected chi connectivity index (χ2v) is 12.8. The smallest absolute Gasteiger partial charge is 0.249 e. The van der Waals surface area contributed by atoms with E-state index >= 15 is 0 Å². The largest absolute Gasteiger partial charge is 0.494 e. The van der Waals surface area contributed by atoms with Crippen molar-refractivity contribution in [3.63, 3.8) is 0 Å². The van der Waals surface area contributed by atoms with Crippen LogP contribution in [0.15, 0.2) is 48.6 Å². The first-order chi connectivity index (χ1) is 20.8. The summed E-state index contributed by atoms with van der Waals surface area (Å²) in [6, 6.07) is 6.76. The zero-order valence-corrected chi connectivity index (χ0v) is 25.5. The van der Waals surface area contributed by atoms with Crippen LogP contribution in [0.5, 0.6) is 5.75 Å². The molecule has 1 aromatic carbocycles. The number of amides is 3. The van der Waals surface area contributed by atoms with Gasteiger partial charge in [0.2, 0.25) is 17.7 Å². The third kappa shape index (κ3) is 5.08. The van der Waals surface area contributed by atoms with Crippen molar-refractivity contribution < 1.29 is 29.0 Å². The number of aliphatic hydroxyl groups is 1. The third-order valence-corrected chi connectivity index (χ3v) is 10.1. The van der Waals surface area contributed by atoms with E-state index in [4.69, 9.17) is 9.47 Å². The van der Waals surface area contributed by atoms with E-state index in [0.717, 1.165) is 43.5 Å². The number of aliphatic hydroxyl groups excluding tert-OH is 1. The standard InChI is InChI=1S/C34H45N3O6/c1-3-42-26-16-14-25(15-17-26)35-21-10-18-33(2)27(30(35)39)28-31(40)37(20-8-5-9-23-38)29-32(41)36(24-12-6-4-7-13-24)22-11-19-34(28,29)43-33/h10-11,14-19,24,27-29,38H,3-9,12-13,20-23H2,1-2H3/t27-,28+,29?,33+,34+/m1/s1. The lowest BCUT2D eigenvalue weighted by atomic mass is 9.74. The number of carbonyl (C=O) groups is 3. The lowest BCUT2D eigenvalue weighted by Gasteiger charge is -2.40. The Morgan fingerprint density at radius 3 is 2.37 bits per heavy atom. The van der Waals surface area contributed by atoms with Crippen molar-refractivity contribution >= 4 is 23.4 Å². The first-order valence-electron chi connectivity index (χ1n) is 16.2. The third-order valence-electron chi connectivity index (χ3n) is 10.1. The molecule has 1 aromatic rings. The molecule has 4 aliphatic heterocycles. The van der Waals surface area contributed by atoms with Crippen LogP contribution in [0.25, 0.3) is 0 Å². The fraction of sp³-hybridized carbons (Fsp3) is 0.618. The van der Waals surface area contributed by atoms with Crippen molar-refractivity contribution in [3.8, 4) is 5.75 Å². The number of anilines is 1. The maximum Gasteiger partial charge on any atom is 0.249 e. The molecule has 9 nitrogen and oxygen atoms in total. The summed E-state index contributed by atoms with van der Waals surface area (Å²) in [7, 11) is 0. The van der Waals surface area contributed by atoms with Gasteiger partial charge in [0.25, 0.3) is 0 Å². The van der Waals surface area contributed by atoms with Gasteiger partial charge < -0.3 is 29.3 Å². The molecule has 232 valence electrons. The van der Waals surface area contributed by atoms with Crippen LogP contribution in [0, 0.1) is 11.8 Å². The van der Waals surface area contributed by atoms with Crippen molar-refractivity contribution in [2.75, 3.05) is 37.7 Å². The van der Waals surface area contributed by atoms with Gasteiger partial charge in [0, 0.05) is 38.0 Å². The van der Waals surface area contributed by atoms with Gasteiger partial charge in [0.1, 0.15) is 17.4 Å². The molecular formula is C34H45N3O6. The number of carbonyl (C=O) groups excluding carboxylic acids is 3. The van der Waals surface area contributed by atoms with Gasteiger partial charge in [-0.2, -0.15) is 0 Å². The number of benzene rings is 1. The fourth-order valence-electron chi connectivity index (χ4n) is 8.19. The lowest BCUT2D eigenvalue weighted by Crippen LogP contribution is -2.57. The number of nitrogens with zero attached hydrogens (tertiary/aromatic N) is 3. The predicted octanol–water partition coefficient (Wildman–Crippen LogP) is 3.85. The number of hydrogen-bond acceptors (Lipinski definition) is 6. The summed E-state index contributed by atoms with van der Waals surface area (Å²) in [4.78, 5) is 49.1. The molecule has 1 spiro atoms. The van der Waals surface area contributed by atoms with Crippen LogP contribution in [0.3, 0.4) is 0 Å². The first kappa shape index (κ1) is 29.9. The van der Waals surface area contributed by atoms with Crippen LogP contribution in [0.2, 0.25) is 0 Å². The van der Waals surface area contributed by atoms with Gasteiger partial charge in [-0.25, -0.2) is 0 Å². The number of rotatable bonds is 9. The highest BCUT2D eigenvalue weighted by atomic mass is 16.5. The van der Waals surface area contributed by atoms with E-state index < -0.39 is 29.1 Å². The average molecular weight is 592 g/mol. The minimum Gasteiger partial charge on any atom is -0.494 e. The van der Waals surface area contributed by atoms with Crippen molar-refractivity contribution in [1.82, 2.24) is 9.80 Å². The second kappa shape index (κ2) is 12.1. The van der Waals surface area contributed by atoms with Crippen molar-refractivity contribution in [2.24, 2.45) is 11.8 Å². The van der Waals surface area contributed by atoms with Crippen LogP contribution < -0.4 is 9.64 Å². The molecule has 1 aliphatic carbocycles. The predicted molar refractivity (Wildman–Crippen MR) is 162 cm³/mol. The number of likely N-dealkylation sites (tertiary alicyclic amines) is 1. The van der Waals surface area contributed by atoms with Crippen LogP contribution in [-0.4, -0.2) is 88.8 Å². The summed E-state index contributed by atoms with van der Waals surface area (Å²) in [5, 5.41) is 9.33. The molecule has 5 atom stereocenters. The molecule has 9 heteroatoms. The van der Waals surface area contributed by atoms with Gasteiger partial charge in [-0.05, 0) is 70.2 Å². The minimum atomic E-state index is -1.24. The summed E-state index contributed by atoms with van der Waals surface area (Å²) >= 11 is 0. The van der Waals surface area contributed by atoms with E-state index in [1.807, 2.05) is 67.3 Å². The average Bonchev–Trinajstić information content (AvgIpc) is 3.27. The van der Waals surface area contributed by atoms with E-state index in [2.05, 4.69) is 0 Å². The normalized spacial score (nSPS) is 32.5. The number of hydrogen-bond donors (Lipinski definition) is 1. The number of fused-ring (bicyclic) bond motifs is 2. The van der Waals surface area contributed by atoms with Crippen LogP contribution in [0.4, 0.5) is 5.69 Å². The summed E-state index contributed by atoms with van der Waals surface area (Å²) in [6.45, 7) is 5.68. The Balaban J connectivity index is 1.38. The van der Waals surface area contributed by atoms with E-state index in [1.165, 1.54) is 6.42 Å². The molecule has 0 radical (unpaired) electrons. The maximum atomic E-state index is 14.6. The SMILES string of the molecule is CCOc1ccc(N2CC=C[C@]3(C)O[C@]45C=CCN(C6CCCCC6)C(=O)C4N(CCCCCO)C(=O)[C@@H]5[C@@H]3C2=O)cc1. The molecule has 0 aromatic heterocycles. The van der Waals surface area contributed by atoms with Crippen molar-refractivity contribution in [2.45, 2.75) is 88.5 Å². The topological polar surface area (TPSA) is 99.6 Å². The molecule has 5 aliphatic rings. The molecule has 2 saturated heterocycles. The van der Waals surface area contributed by atoms with Gasteiger partial charge >= 0.3 is 0 Å². The van der Waals surface area contributed by atoms with Crippen LogP contribution in [-0.2, 0) is 19.1 Å². The number of unbranched alkanes of at least 4 members (excludes halogenated alkanes) is 2. The Kier molecular flexibility index (Phi) is 8.39. The Hall–Kier alpha value is -3.17. The lowest BCUT2D eigenvalue weighted by molar-refractivity contribution is -0.152.